The Bertz CT molecular complexity index is 1060. The molecule has 0 radical (unpaired) electrons. The highest BCUT2D eigenvalue weighted by Crippen LogP contribution is 2.20. The number of anilines is 1. The Kier molecular flexibility index (Phi) is 7.15. The van der Waals surface area contributed by atoms with Crippen molar-refractivity contribution >= 4 is 17.5 Å². The molecule has 6 heteroatoms. The van der Waals surface area contributed by atoms with Gasteiger partial charge in [0.15, 0.2) is 0 Å². The van der Waals surface area contributed by atoms with Crippen LogP contribution in [0.15, 0.2) is 78.9 Å². The molecular weight excluding hydrogens is 404 g/mol. The summed E-state index contributed by atoms with van der Waals surface area (Å²) in [6, 6.07) is 24.2. The van der Waals surface area contributed by atoms with E-state index in [-0.39, 0.29) is 11.8 Å². The number of hydrogen-bond donors (Lipinski definition) is 1. The molecule has 0 saturated carbocycles. The van der Waals surface area contributed by atoms with E-state index in [0.29, 0.717) is 55.5 Å². The molecule has 1 saturated heterocycles. The first kappa shape index (κ1) is 21.6. The zero-order valence-corrected chi connectivity index (χ0v) is 17.8. The standard InChI is InChI=1S/C26H26N2O4/c29-25(21-9-6-10-22(19-21)32-16-13-20-7-2-1-3-8-20)27-24-12-5-4-11-23(24)26(30)28-14-17-31-18-15-28/h1-12,19H,13-18H2,(H,27,29). The third kappa shape index (κ3) is 5.53. The average molecular weight is 431 g/mol. The van der Waals surface area contributed by atoms with Gasteiger partial charge in [-0.15, -0.1) is 0 Å². The Labute approximate surface area is 187 Å². The number of para-hydroxylation sites is 1. The van der Waals surface area contributed by atoms with Gasteiger partial charge in [-0.3, -0.25) is 9.59 Å². The second-order valence-corrected chi connectivity index (χ2v) is 7.52. The van der Waals surface area contributed by atoms with Crippen molar-refractivity contribution in [3.63, 3.8) is 0 Å². The smallest absolute Gasteiger partial charge is 0.256 e. The largest absolute Gasteiger partial charge is 0.493 e. The van der Waals surface area contributed by atoms with Crippen LogP contribution >= 0.6 is 0 Å². The summed E-state index contributed by atoms with van der Waals surface area (Å²) in [6.45, 7) is 2.66. The first-order valence-corrected chi connectivity index (χ1v) is 10.7. The van der Waals surface area contributed by atoms with Gasteiger partial charge in [0.25, 0.3) is 11.8 Å². The van der Waals surface area contributed by atoms with Gasteiger partial charge in [0.1, 0.15) is 5.75 Å². The predicted molar refractivity (Wildman–Crippen MR) is 123 cm³/mol. The predicted octanol–water partition coefficient (Wildman–Crippen LogP) is 4.03. The molecule has 1 fully saturated rings. The lowest BCUT2D eigenvalue weighted by Gasteiger charge is -2.27. The molecule has 1 N–H and O–H groups in total. The Hall–Kier alpha value is -3.64. The summed E-state index contributed by atoms with van der Waals surface area (Å²) in [7, 11) is 0. The van der Waals surface area contributed by atoms with Gasteiger partial charge in [-0.05, 0) is 35.9 Å². The number of amides is 2. The molecule has 3 aromatic carbocycles. The van der Waals surface area contributed by atoms with Crippen LogP contribution in [-0.2, 0) is 11.2 Å². The summed E-state index contributed by atoms with van der Waals surface area (Å²) in [5.74, 6) is 0.231. The fourth-order valence-corrected chi connectivity index (χ4v) is 3.57. The van der Waals surface area contributed by atoms with Crippen LogP contribution in [-0.4, -0.2) is 49.6 Å². The SMILES string of the molecule is O=C(Nc1ccccc1C(=O)N1CCOCC1)c1cccc(OCCc2ccccc2)c1. The van der Waals surface area contributed by atoms with E-state index in [2.05, 4.69) is 17.4 Å². The zero-order valence-electron chi connectivity index (χ0n) is 17.8. The summed E-state index contributed by atoms with van der Waals surface area (Å²) < 4.78 is 11.2. The van der Waals surface area contributed by atoms with Gasteiger partial charge in [-0.2, -0.15) is 0 Å². The molecule has 0 atom stereocenters. The molecular formula is C26H26N2O4. The van der Waals surface area contributed by atoms with Crippen molar-refractivity contribution in [2.45, 2.75) is 6.42 Å². The molecule has 0 unspecified atom stereocenters. The van der Waals surface area contributed by atoms with Gasteiger partial charge >= 0.3 is 0 Å². The maximum Gasteiger partial charge on any atom is 0.256 e. The van der Waals surface area contributed by atoms with Gasteiger partial charge in [0.2, 0.25) is 0 Å². The molecule has 6 nitrogen and oxygen atoms in total. The van der Waals surface area contributed by atoms with Gasteiger partial charge < -0.3 is 19.7 Å². The molecule has 1 heterocycles. The number of rotatable bonds is 7. The van der Waals surface area contributed by atoms with Gasteiger partial charge in [0, 0.05) is 25.1 Å². The van der Waals surface area contributed by atoms with Crippen molar-refractivity contribution in [1.82, 2.24) is 4.90 Å². The second kappa shape index (κ2) is 10.6. The normalized spacial score (nSPS) is 13.4. The van der Waals surface area contributed by atoms with E-state index >= 15 is 0 Å². The number of morpholine rings is 1. The van der Waals surface area contributed by atoms with E-state index in [1.807, 2.05) is 24.3 Å². The van der Waals surface area contributed by atoms with Crippen LogP contribution in [0.3, 0.4) is 0 Å². The van der Waals surface area contributed by atoms with Gasteiger partial charge in [-0.1, -0.05) is 48.5 Å². The number of benzene rings is 3. The molecule has 32 heavy (non-hydrogen) atoms. The average Bonchev–Trinajstić information content (AvgIpc) is 2.85. The van der Waals surface area contributed by atoms with E-state index in [0.717, 1.165) is 6.42 Å². The highest BCUT2D eigenvalue weighted by molar-refractivity contribution is 6.09. The lowest BCUT2D eigenvalue weighted by Crippen LogP contribution is -2.41. The van der Waals surface area contributed by atoms with Gasteiger partial charge in [-0.25, -0.2) is 0 Å². The number of carbonyl (C=O) groups is 2. The molecule has 2 amide bonds. The summed E-state index contributed by atoms with van der Waals surface area (Å²) in [6.07, 6.45) is 0.786. The molecule has 1 aliphatic rings. The minimum absolute atomic E-state index is 0.109. The monoisotopic (exact) mass is 430 g/mol. The van der Waals surface area contributed by atoms with E-state index in [4.69, 9.17) is 9.47 Å². The van der Waals surface area contributed by atoms with Crippen molar-refractivity contribution in [2.75, 3.05) is 38.2 Å². The summed E-state index contributed by atoms with van der Waals surface area (Å²) in [5, 5.41) is 2.88. The molecule has 0 spiro atoms. The van der Waals surface area contributed by atoms with E-state index in [1.165, 1.54) is 5.56 Å². The molecule has 4 rings (SSSR count). The molecule has 0 aromatic heterocycles. The van der Waals surface area contributed by atoms with Crippen LogP contribution in [0.25, 0.3) is 0 Å². The quantitative estimate of drug-likeness (QED) is 0.615. The number of nitrogens with one attached hydrogen (secondary N) is 1. The van der Waals surface area contributed by atoms with E-state index in [9.17, 15) is 9.59 Å². The van der Waals surface area contributed by atoms with Crippen molar-refractivity contribution < 1.29 is 19.1 Å². The number of nitrogens with zero attached hydrogens (tertiary/aromatic N) is 1. The summed E-state index contributed by atoms with van der Waals surface area (Å²) in [5.41, 5.74) is 2.63. The zero-order chi connectivity index (χ0) is 22.2. The maximum atomic E-state index is 12.9. The first-order chi connectivity index (χ1) is 15.7. The van der Waals surface area contributed by atoms with Crippen molar-refractivity contribution in [3.05, 3.63) is 95.6 Å². The molecule has 1 aliphatic heterocycles. The molecule has 164 valence electrons. The van der Waals surface area contributed by atoms with Gasteiger partial charge in [0.05, 0.1) is 31.1 Å². The summed E-state index contributed by atoms with van der Waals surface area (Å²) in [4.78, 5) is 27.6. The Morgan fingerprint density at radius 2 is 1.66 bits per heavy atom. The lowest BCUT2D eigenvalue weighted by atomic mass is 10.1. The van der Waals surface area contributed by atoms with E-state index < -0.39 is 0 Å². The van der Waals surface area contributed by atoms with Crippen LogP contribution in [0.4, 0.5) is 5.69 Å². The Morgan fingerprint density at radius 1 is 0.906 bits per heavy atom. The lowest BCUT2D eigenvalue weighted by molar-refractivity contribution is 0.0303. The fourth-order valence-electron chi connectivity index (χ4n) is 3.57. The minimum Gasteiger partial charge on any atom is -0.493 e. The van der Waals surface area contributed by atoms with Crippen LogP contribution in [0.1, 0.15) is 26.3 Å². The van der Waals surface area contributed by atoms with E-state index in [1.54, 1.807) is 47.4 Å². The second-order valence-electron chi connectivity index (χ2n) is 7.52. The highest BCUT2D eigenvalue weighted by atomic mass is 16.5. The molecule has 0 aliphatic carbocycles. The molecule has 0 bridgehead atoms. The molecule has 3 aromatic rings. The Morgan fingerprint density at radius 3 is 2.47 bits per heavy atom. The van der Waals surface area contributed by atoms with Crippen molar-refractivity contribution in [3.8, 4) is 5.75 Å². The van der Waals surface area contributed by atoms with Crippen LogP contribution in [0.2, 0.25) is 0 Å². The Balaban J connectivity index is 1.41. The van der Waals surface area contributed by atoms with Crippen LogP contribution in [0.5, 0.6) is 5.75 Å². The van der Waals surface area contributed by atoms with Crippen molar-refractivity contribution in [2.24, 2.45) is 0 Å². The highest BCUT2D eigenvalue weighted by Gasteiger charge is 2.21. The van der Waals surface area contributed by atoms with Crippen LogP contribution in [0, 0.1) is 0 Å². The van der Waals surface area contributed by atoms with Crippen LogP contribution < -0.4 is 10.1 Å². The first-order valence-electron chi connectivity index (χ1n) is 10.7. The van der Waals surface area contributed by atoms with Crippen molar-refractivity contribution in [1.29, 1.82) is 0 Å². The topological polar surface area (TPSA) is 67.9 Å². The third-order valence-corrected chi connectivity index (χ3v) is 5.30. The number of hydrogen-bond acceptors (Lipinski definition) is 4. The minimum atomic E-state index is -0.291. The fraction of sp³-hybridized carbons (Fsp3) is 0.231. The number of carbonyl (C=O) groups excluding carboxylic acids is 2. The number of ether oxygens (including phenoxy) is 2. The third-order valence-electron chi connectivity index (χ3n) is 5.30. The maximum absolute atomic E-state index is 12.9. The summed E-state index contributed by atoms with van der Waals surface area (Å²) >= 11 is 0.